The first-order valence-electron chi connectivity index (χ1n) is 6.33. The molecule has 1 heterocycles. The fourth-order valence-electron chi connectivity index (χ4n) is 1.71. The van der Waals surface area contributed by atoms with E-state index in [0.29, 0.717) is 23.8 Å². The van der Waals surface area contributed by atoms with Gasteiger partial charge in [-0.1, -0.05) is 6.92 Å². The second-order valence-corrected chi connectivity index (χ2v) is 6.07. The maximum atomic E-state index is 12.2. The Morgan fingerprint density at radius 1 is 1.43 bits per heavy atom. The lowest BCUT2D eigenvalue weighted by atomic mass is 10.3. The lowest BCUT2D eigenvalue weighted by Gasteiger charge is -2.08. The van der Waals surface area contributed by atoms with E-state index in [9.17, 15) is 8.42 Å². The summed E-state index contributed by atoms with van der Waals surface area (Å²) in [6.07, 6.45) is 2.28. The number of sulfonamides is 1. The molecular formula is C13H17N3O4S. The van der Waals surface area contributed by atoms with E-state index in [2.05, 4.69) is 9.71 Å². The maximum Gasteiger partial charge on any atom is 0.241 e. The number of methoxy groups -OCH3 is 1. The van der Waals surface area contributed by atoms with Gasteiger partial charge in [-0.25, -0.2) is 18.1 Å². The molecule has 0 radical (unpaired) electrons. The van der Waals surface area contributed by atoms with Crippen molar-refractivity contribution in [1.29, 1.82) is 0 Å². The Morgan fingerprint density at radius 2 is 2.19 bits per heavy atom. The summed E-state index contributed by atoms with van der Waals surface area (Å²) in [4.78, 5) is 4.05. The quantitative estimate of drug-likeness (QED) is 0.779. The average Bonchev–Trinajstić information content (AvgIpc) is 2.93. The summed E-state index contributed by atoms with van der Waals surface area (Å²) in [7, 11) is -2.22. The van der Waals surface area contributed by atoms with Crippen LogP contribution in [0.5, 0.6) is 5.75 Å². The number of ether oxygens (including phenoxy) is 1. The van der Waals surface area contributed by atoms with Crippen molar-refractivity contribution in [1.82, 2.24) is 9.71 Å². The van der Waals surface area contributed by atoms with Crippen molar-refractivity contribution >= 4 is 15.7 Å². The molecule has 8 heteroatoms. The van der Waals surface area contributed by atoms with Crippen molar-refractivity contribution in [3.63, 3.8) is 0 Å². The second kappa shape index (κ2) is 6.15. The van der Waals surface area contributed by atoms with E-state index in [4.69, 9.17) is 14.9 Å². The summed E-state index contributed by atoms with van der Waals surface area (Å²) >= 11 is 0. The number of anilines is 1. The number of nitrogen functional groups attached to an aromatic ring is 1. The van der Waals surface area contributed by atoms with E-state index in [1.165, 1.54) is 25.3 Å². The highest BCUT2D eigenvalue weighted by Gasteiger charge is 2.16. The van der Waals surface area contributed by atoms with Gasteiger partial charge in [0, 0.05) is 6.42 Å². The Labute approximate surface area is 123 Å². The summed E-state index contributed by atoms with van der Waals surface area (Å²) in [5, 5.41) is 0. The predicted molar refractivity (Wildman–Crippen MR) is 77.3 cm³/mol. The molecule has 0 atom stereocenters. The van der Waals surface area contributed by atoms with E-state index in [1.54, 1.807) is 6.20 Å². The third kappa shape index (κ3) is 3.53. The molecule has 2 aromatic rings. The average molecular weight is 311 g/mol. The van der Waals surface area contributed by atoms with Crippen LogP contribution < -0.4 is 15.2 Å². The van der Waals surface area contributed by atoms with Crippen LogP contribution in [0.1, 0.15) is 18.6 Å². The number of hydrogen-bond donors (Lipinski definition) is 2. The molecule has 0 fully saturated rings. The van der Waals surface area contributed by atoms with Crippen LogP contribution in [0.2, 0.25) is 0 Å². The molecule has 1 aromatic heterocycles. The van der Waals surface area contributed by atoms with Crippen LogP contribution >= 0.6 is 0 Å². The second-order valence-electron chi connectivity index (χ2n) is 4.30. The molecule has 21 heavy (non-hydrogen) atoms. The lowest BCUT2D eigenvalue weighted by Crippen LogP contribution is -2.23. The number of nitrogens with two attached hydrogens (primary N) is 1. The highest BCUT2D eigenvalue weighted by Crippen LogP contribution is 2.24. The molecule has 7 nitrogen and oxygen atoms in total. The molecule has 0 unspecified atom stereocenters. The van der Waals surface area contributed by atoms with Gasteiger partial charge in [0.25, 0.3) is 0 Å². The van der Waals surface area contributed by atoms with Crippen molar-refractivity contribution in [3.05, 3.63) is 36.0 Å². The number of aromatic nitrogens is 1. The summed E-state index contributed by atoms with van der Waals surface area (Å²) < 4.78 is 37.1. The standard InChI is InChI=1S/C13H17N3O4S/c1-3-9-7-15-13(20-9)8-16-21(17,18)10-4-5-12(19-2)11(14)6-10/h4-7,16H,3,8,14H2,1-2H3. The summed E-state index contributed by atoms with van der Waals surface area (Å²) in [5.74, 6) is 1.45. The monoisotopic (exact) mass is 311 g/mol. The number of benzene rings is 1. The van der Waals surface area contributed by atoms with Crippen molar-refractivity contribution in [2.45, 2.75) is 24.8 Å². The maximum absolute atomic E-state index is 12.2. The summed E-state index contributed by atoms with van der Waals surface area (Å²) in [6.45, 7) is 1.91. The molecule has 0 spiro atoms. The SMILES string of the molecule is CCc1cnc(CNS(=O)(=O)c2ccc(OC)c(N)c2)o1. The number of nitrogens with one attached hydrogen (secondary N) is 1. The van der Waals surface area contributed by atoms with Crippen LogP contribution in [0.15, 0.2) is 33.7 Å². The van der Waals surface area contributed by atoms with E-state index < -0.39 is 10.0 Å². The van der Waals surface area contributed by atoms with Crippen molar-refractivity contribution < 1.29 is 17.6 Å². The Balaban J connectivity index is 2.12. The fraction of sp³-hybridized carbons (Fsp3) is 0.308. The number of hydrogen-bond acceptors (Lipinski definition) is 6. The topological polar surface area (TPSA) is 107 Å². The van der Waals surface area contributed by atoms with Crippen LogP contribution in [-0.2, 0) is 23.0 Å². The number of rotatable bonds is 6. The molecule has 0 aliphatic carbocycles. The predicted octanol–water partition coefficient (Wildman–Crippen LogP) is 1.31. The third-order valence-electron chi connectivity index (χ3n) is 2.87. The first kappa shape index (κ1) is 15.3. The largest absolute Gasteiger partial charge is 0.495 e. The van der Waals surface area contributed by atoms with Gasteiger partial charge in [0.1, 0.15) is 11.5 Å². The van der Waals surface area contributed by atoms with Crippen LogP contribution in [0.3, 0.4) is 0 Å². The molecule has 0 saturated carbocycles. The molecule has 0 amide bonds. The normalized spacial score (nSPS) is 11.5. The van der Waals surface area contributed by atoms with Gasteiger partial charge in [0.2, 0.25) is 15.9 Å². The molecule has 1 aromatic carbocycles. The minimum Gasteiger partial charge on any atom is -0.495 e. The van der Waals surface area contributed by atoms with Gasteiger partial charge < -0.3 is 14.9 Å². The third-order valence-corrected chi connectivity index (χ3v) is 4.27. The van der Waals surface area contributed by atoms with Crippen molar-refractivity contribution in [2.75, 3.05) is 12.8 Å². The van der Waals surface area contributed by atoms with Gasteiger partial charge in [-0.3, -0.25) is 0 Å². The molecule has 114 valence electrons. The molecule has 0 aliphatic heterocycles. The summed E-state index contributed by atoms with van der Waals surface area (Å²) in [5.41, 5.74) is 5.96. The Hall–Kier alpha value is -2.06. The highest BCUT2D eigenvalue weighted by molar-refractivity contribution is 7.89. The van der Waals surface area contributed by atoms with E-state index in [0.717, 1.165) is 0 Å². The van der Waals surface area contributed by atoms with Gasteiger partial charge in [-0.05, 0) is 18.2 Å². The van der Waals surface area contributed by atoms with E-state index in [1.807, 2.05) is 6.92 Å². The zero-order chi connectivity index (χ0) is 15.5. The molecule has 0 saturated heterocycles. The molecule has 0 aliphatic rings. The molecular weight excluding hydrogens is 294 g/mol. The lowest BCUT2D eigenvalue weighted by molar-refractivity contribution is 0.416. The Kier molecular flexibility index (Phi) is 4.49. The van der Waals surface area contributed by atoms with Gasteiger partial charge in [-0.2, -0.15) is 0 Å². The minimum atomic E-state index is -3.69. The first-order chi connectivity index (χ1) is 9.96. The van der Waals surface area contributed by atoms with Crippen LogP contribution in [0.25, 0.3) is 0 Å². The van der Waals surface area contributed by atoms with E-state index in [-0.39, 0.29) is 17.1 Å². The van der Waals surface area contributed by atoms with Crippen molar-refractivity contribution in [3.8, 4) is 5.75 Å². The zero-order valence-corrected chi connectivity index (χ0v) is 12.6. The van der Waals surface area contributed by atoms with Crippen LogP contribution in [-0.4, -0.2) is 20.5 Å². The van der Waals surface area contributed by atoms with Gasteiger partial charge in [-0.15, -0.1) is 0 Å². The van der Waals surface area contributed by atoms with E-state index >= 15 is 0 Å². The van der Waals surface area contributed by atoms with Gasteiger partial charge >= 0.3 is 0 Å². The highest BCUT2D eigenvalue weighted by atomic mass is 32.2. The van der Waals surface area contributed by atoms with Gasteiger partial charge in [0.15, 0.2) is 0 Å². The van der Waals surface area contributed by atoms with Crippen LogP contribution in [0.4, 0.5) is 5.69 Å². The smallest absolute Gasteiger partial charge is 0.241 e. The molecule has 2 rings (SSSR count). The number of oxazole rings is 1. The Morgan fingerprint density at radius 3 is 2.76 bits per heavy atom. The zero-order valence-electron chi connectivity index (χ0n) is 11.8. The first-order valence-corrected chi connectivity index (χ1v) is 7.81. The Bertz CT molecular complexity index is 725. The number of aryl methyl sites for hydroxylation is 1. The number of nitrogens with zero attached hydrogens (tertiary/aromatic N) is 1. The summed E-state index contributed by atoms with van der Waals surface area (Å²) in [6, 6.07) is 4.27. The van der Waals surface area contributed by atoms with Crippen LogP contribution in [0, 0.1) is 0 Å². The van der Waals surface area contributed by atoms with Gasteiger partial charge in [0.05, 0.1) is 30.4 Å². The molecule has 3 N–H and O–H groups in total. The minimum absolute atomic E-state index is 0.0196. The van der Waals surface area contributed by atoms with Crippen molar-refractivity contribution in [2.24, 2.45) is 0 Å². The fourth-order valence-corrected chi connectivity index (χ4v) is 2.72. The molecule has 0 bridgehead atoms.